The average molecular weight is 226 g/mol. The lowest BCUT2D eigenvalue weighted by Crippen LogP contribution is -2.26. The molecule has 1 aromatic heterocycles. The summed E-state index contributed by atoms with van der Waals surface area (Å²) in [5, 5.41) is 1.49. The van der Waals surface area contributed by atoms with Crippen LogP contribution in [0.5, 0.6) is 0 Å². The van der Waals surface area contributed by atoms with Crippen molar-refractivity contribution < 1.29 is 0 Å². The van der Waals surface area contributed by atoms with E-state index in [0.717, 1.165) is 5.39 Å². The molecular weight excluding hydrogens is 212 g/mol. The smallest absolute Gasteiger partial charge is 0.261 e. The molecular formula is C14H14N2O. The number of benzene rings is 1. The SMILES string of the molecule is C#CC(CC)n1c(N)cc2ccccc2c1=O. The van der Waals surface area contributed by atoms with Gasteiger partial charge in [-0.1, -0.05) is 31.0 Å². The third kappa shape index (κ3) is 1.78. The van der Waals surface area contributed by atoms with Crippen LogP contribution in [-0.2, 0) is 0 Å². The third-order valence-electron chi connectivity index (χ3n) is 2.88. The number of terminal acetylenes is 1. The summed E-state index contributed by atoms with van der Waals surface area (Å²) < 4.78 is 1.49. The molecule has 0 aliphatic carbocycles. The maximum atomic E-state index is 12.3. The highest BCUT2D eigenvalue weighted by atomic mass is 16.1. The second-order valence-electron chi connectivity index (χ2n) is 3.92. The summed E-state index contributed by atoms with van der Waals surface area (Å²) in [6, 6.07) is 8.87. The molecule has 86 valence electrons. The van der Waals surface area contributed by atoms with Crippen LogP contribution in [0, 0.1) is 12.3 Å². The zero-order valence-electron chi connectivity index (χ0n) is 9.68. The van der Waals surface area contributed by atoms with Crippen LogP contribution < -0.4 is 11.3 Å². The van der Waals surface area contributed by atoms with Crippen molar-refractivity contribution in [2.45, 2.75) is 19.4 Å². The van der Waals surface area contributed by atoms with Crippen LogP contribution in [0.4, 0.5) is 5.82 Å². The van der Waals surface area contributed by atoms with Crippen molar-refractivity contribution in [1.82, 2.24) is 4.57 Å². The molecule has 0 fully saturated rings. The summed E-state index contributed by atoms with van der Waals surface area (Å²) >= 11 is 0. The van der Waals surface area contributed by atoms with Crippen molar-refractivity contribution >= 4 is 16.6 Å². The maximum Gasteiger partial charge on any atom is 0.261 e. The van der Waals surface area contributed by atoms with E-state index in [1.165, 1.54) is 4.57 Å². The molecule has 3 heteroatoms. The van der Waals surface area contributed by atoms with E-state index in [2.05, 4.69) is 5.92 Å². The van der Waals surface area contributed by atoms with Crippen molar-refractivity contribution in [3.63, 3.8) is 0 Å². The van der Waals surface area contributed by atoms with Gasteiger partial charge >= 0.3 is 0 Å². The van der Waals surface area contributed by atoms with Crippen LogP contribution in [-0.4, -0.2) is 4.57 Å². The Hall–Kier alpha value is -2.21. The van der Waals surface area contributed by atoms with Crippen molar-refractivity contribution in [2.75, 3.05) is 5.73 Å². The lowest BCUT2D eigenvalue weighted by Gasteiger charge is -2.16. The van der Waals surface area contributed by atoms with Crippen LogP contribution in [0.15, 0.2) is 35.1 Å². The van der Waals surface area contributed by atoms with E-state index < -0.39 is 0 Å². The Kier molecular flexibility index (Phi) is 2.88. The largest absolute Gasteiger partial charge is 0.385 e. The fourth-order valence-corrected chi connectivity index (χ4v) is 1.99. The van der Waals surface area contributed by atoms with Gasteiger partial charge in [-0.3, -0.25) is 9.36 Å². The van der Waals surface area contributed by atoms with Gasteiger partial charge in [0, 0.05) is 5.39 Å². The van der Waals surface area contributed by atoms with Gasteiger partial charge in [0.2, 0.25) is 0 Å². The first-order valence-corrected chi connectivity index (χ1v) is 5.55. The molecule has 0 saturated carbocycles. The molecule has 0 aliphatic rings. The molecule has 0 saturated heterocycles. The molecule has 1 atom stereocenters. The predicted octanol–water partition coefficient (Wildman–Crippen LogP) is 2.17. The number of nitrogen functional groups attached to an aromatic ring is 1. The Bertz CT molecular complexity index is 649. The summed E-state index contributed by atoms with van der Waals surface area (Å²) in [5.41, 5.74) is 5.79. The van der Waals surface area contributed by atoms with E-state index in [1.54, 1.807) is 12.1 Å². The summed E-state index contributed by atoms with van der Waals surface area (Å²) in [4.78, 5) is 12.3. The molecule has 0 aliphatic heterocycles. The van der Waals surface area contributed by atoms with Crippen LogP contribution in [0.1, 0.15) is 19.4 Å². The first kappa shape index (κ1) is 11.3. The monoisotopic (exact) mass is 226 g/mol. The normalized spacial score (nSPS) is 12.2. The van der Waals surface area contributed by atoms with Gasteiger partial charge in [-0.15, -0.1) is 6.42 Å². The van der Waals surface area contributed by atoms with Crippen molar-refractivity contribution in [2.24, 2.45) is 0 Å². The minimum atomic E-state index is -0.285. The number of hydrogen-bond acceptors (Lipinski definition) is 2. The molecule has 2 aromatic rings. The minimum Gasteiger partial charge on any atom is -0.385 e. The second kappa shape index (κ2) is 4.34. The molecule has 3 nitrogen and oxygen atoms in total. The van der Waals surface area contributed by atoms with Crippen LogP contribution in [0.3, 0.4) is 0 Å². The molecule has 0 bridgehead atoms. The quantitative estimate of drug-likeness (QED) is 0.798. The highest BCUT2D eigenvalue weighted by Crippen LogP contribution is 2.18. The fourth-order valence-electron chi connectivity index (χ4n) is 1.99. The van der Waals surface area contributed by atoms with E-state index in [9.17, 15) is 4.79 Å². The molecule has 0 spiro atoms. The first-order valence-electron chi connectivity index (χ1n) is 5.55. The number of fused-ring (bicyclic) bond motifs is 1. The van der Waals surface area contributed by atoms with Gasteiger partial charge in [0.25, 0.3) is 5.56 Å². The minimum absolute atomic E-state index is 0.120. The number of pyridine rings is 1. The predicted molar refractivity (Wildman–Crippen MR) is 70.8 cm³/mol. The number of nitrogens with zero attached hydrogens (tertiary/aromatic N) is 1. The lowest BCUT2D eigenvalue weighted by atomic mass is 10.1. The first-order chi connectivity index (χ1) is 8.19. The lowest BCUT2D eigenvalue weighted by molar-refractivity contribution is 0.596. The molecule has 17 heavy (non-hydrogen) atoms. The molecule has 0 radical (unpaired) electrons. The summed E-state index contributed by atoms with van der Waals surface area (Å²) in [6.07, 6.45) is 6.11. The number of rotatable bonds is 2. The van der Waals surface area contributed by atoms with Crippen molar-refractivity contribution in [3.8, 4) is 12.3 Å². The summed E-state index contributed by atoms with van der Waals surface area (Å²) in [7, 11) is 0. The standard InChI is InChI=1S/C14H14N2O/c1-3-11(4-2)16-13(15)9-10-7-5-6-8-12(10)14(16)17/h1,5-9,11H,4,15H2,2H3. The van der Waals surface area contributed by atoms with Gasteiger partial charge in [-0.2, -0.15) is 0 Å². The number of hydrogen-bond donors (Lipinski definition) is 1. The van der Waals surface area contributed by atoms with Gasteiger partial charge in [0.05, 0.1) is 6.04 Å². The molecule has 2 N–H and O–H groups in total. The van der Waals surface area contributed by atoms with E-state index in [0.29, 0.717) is 17.6 Å². The number of anilines is 1. The zero-order valence-corrected chi connectivity index (χ0v) is 9.68. The molecule has 1 aromatic carbocycles. The van der Waals surface area contributed by atoms with Gasteiger partial charge in [0.1, 0.15) is 5.82 Å². The zero-order chi connectivity index (χ0) is 12.4. The third-order valence-corrected chi connectivity index (χ3v) is 2.88. The Morgan fingerprint density at radius 2 is 2.18 bits per heavy atom. The van der Waals surface area contributed by atoms with E-state index in [1.807, 2.05) is 25.1 Å². The molecule has 1 heterocycles. The average Bonchev–Trinajstić information content (AvgIpc) is 2.34. The van der Waals surface area contributed by atoms with Crippen molar-refractivity contribution in [1.29, 1.82) is 0 Å². The van der Waals surface area contributed by atoms with Crippen LogP contribution >= 0.6 is 0 Å². The number of aromatic nitrogens is 1. The van der Waals surface area contributed by atoms with E-state index in [4.69, 9.17) is 12.2 Å². The Morgan fingerprint density at radius 3 is 2.82 bits per heavy atom. The summed E-state index contributed by atoms with van der Waals surface area (Å²) in [5.74, 6) is 3.01. The Morgan fingerprint density at radius 1 is 1.47 bits per heavy atom. The maximum absolute atomic E-state index is 12.3. The molecule has 2 rings (SSSR count). The second-order valence-corrected chi connectivity index (χ2v) is 3.92. The van der Waals surface area contributed by atoms with Gasteiger partial charge in [-0.05, 0) is 23.9 Å². The Balaban J connectivity index is 2.82. The van der Waals surface area contributed by atoms with Crippen LogP contribution in [0.25, 0.3) is 10.8 Å². The molecule has 1 unspecified atom stereocenters. The van der Waals surface area contributed by atoms with Gasteiger partial charge < -0.3 is 5.73 Å². The highest BCUT2D eigenvalue weighted by molar-refractivity contribution is 5.83. The summed E-state index contributed by atoms with van der Waals surface area (Å²) in [6.45, 7) is 1.94. The van der Waals surface area contributed by atoms with Gasteiger partial charge in [0.15, 0.2) is 0 Å². The Labute approximate surface area is 99.9 Å². The van der Waals surface area contributed by atoms with Crippen molar-refractivity contribution in [3.05, 3.63) is 40.7 Å². The van der Waals surface area contributed by atoms with Crippen LogP contribution in [0.2, 0.25) is 0 Å². The topological polar surface area (TPSA) is 48.0 Å². The van der Waals surface area contributed by atoms with Gasteiger partial charge in [-0.25, -0.2) is 0 Å². The molecule has 0 amide bonds. The van der Waals surface area contributed by atoms with E-state index in [-0.39, 0.29) is 11.6 Å². The number of nitrogens with two attached hydrogens (primary N) is 1. The van der Waals surface area contributed by atoms with E-state index >= 15 is 0 Å². The highest BCUT2D eigenvalue weighted by Gasteiger charge is 2.12. The fraction of sp³-hybridized carbons (Fsp3) is 0.214.